The number of aromatic nitrogens is 1. The first-order chi connectivity index (χ1) is 9.92. The van der Waals surface area contributed by atoms with Gasteiger partial charge in [0.05, 0.1) is 17.1 Å². The first-order valence-corrected chi connectivity index (χ1v) is 6.50. The molecule has 21 heavy (non-hydrogen) atoms. The van der Waals surface area contributed by atoms with Crippen molar-refractivity contribution >= 4 is 23.2 Å². The lowest BCUT2D eigenvalue weighted by molar-refractivity contribution is 0.0998. The number of carbonyl (C=O) groups excluding carboxylic acids is 1. The van der Waals surface area contributed by atoms with Gasteiger partial charge in [0.25, 0.3) is 5.91 Å². The second-order valence-corrected chi connectivity index (χ2v) is 4.90. The summed E-state index contributed by atoms with van der Waals surface area (Å²) >= 11 is 5.94. The Morgan fingerprint density at radius 1 is 1.48 bits per heavy atom. The number of hydrogen-bond donors (Lipinski definition) is 3. The summed E-state index contributed by atoms with van der Waals surface area (Å²) in [6, 6.07) is 5.65. The van der Waals surface area contributed by atoms with Crippen LogP contribution in [0.3, 0.4) is 0 Å². The number of nitrogens with two attached hydrogens (primary N) is 1. The molecule has 2 rings (SSSR count). The van der Waals surface area contributed by atoms with Gasteiger partial charge in [-0.25, -0.2) is 4.39 Å². The van der Waals surface area contributed by atoms with Gasteiger partial charge in [0.1, 0.15) is 11.3 Å². The van der Waals surface area contributed by atoms with E-state index in [2.05, 4.69) is 5.32 Å². The second-order valence-electron chi connectivity index (χ2n) is 4.46. The van der Waals surface area contributed by atoms with Gasteiger partial charge < -0.3 is 15.6 Å². The zero-order valence-corrected chi connectivity index (χ0v) is 12.0. The fourth-order valence-corrected chi connectivity index (χ4v) is 2.27. The van der Waals surface area contributed by atoms with Crippen molar-refractivity contribution in [3.63, 3.8) is 0 Å². The number of rotatable bonds is 4. The molecule has 0 saturated heterocycles. The summed E-state index contributed by atoms with van der Waals surface area (Å²) in [5.74, 6) is -1.11. The van der Waals surface area contributed by atoms with Crippen molar-refractivity contribution in [3.8, 4) is 0 Å². The maximum atomic E-state index is 13.4. The third-order valence-corrected chi connectivity index (χ3v) is 3.25. The SMILES string of the molecule is CNc1ccc(F)cc1Cn1cc(Cl)cc(C(N)=O)c1=N. The third-order valence-electron chi connectivity index (χ3n) is 3.05. The van der Waals surface area contributed by atoms with Crippen LogP contribution in [0.5, 0.6) is 0 Å². The lowest BCUT2D eigenvalue weighted by Crippen LogP contribution is -2.30. The molecule has 0 aliphatic carbocycles. The predicted molar refractivity (Wildman–Crippen MR) is 78.9 cm³/mol. The highest BCUT2D eigenvalue weighted by atomic mass is 35.5. The fraction of sp³-hybridized carbons (Fsp3) is 0.143. The number of pyridine rings is 1. The number of anilines is 1. The van der Waals surface area contributed by atoms with E-state index in [1.807, 2.05) is 0 Å². The number of carbonyl (C=O) groups is 1. The number of halogens is 2. The standard InChI is InChI=1S/C14H14ClFN4O/c1-19-12-3-2-10(16)4-8(12)6-20-7-9(15)5-11(13(20)17)14(18)21/h2-5,7,17,19H,6H2,1H3,(H2,18,21). The molecule has 0 unspecified atom stereocenters. The molecule has 0 fully saturated rings. The molecule has 1 amide bonds. The highest BCUT2D eigenvalue weighted by Crippen LogP contribution is 2.18. The molecule has 1 aromatic heterocycles. The van der Waals surface area contributed by atoms with E-state index in [1.54, 1.807) is 13.1 Å². The van der Waals surface area contributed by atoms with Crippen LogP contribution in [-0.2, 0) is 6.54 Å². The number of nitrogens with zero attached hydrogens (tertiary/aromatic N) is 1. The lowest BCUT2D eigenvalue weighted by Gasteiger charge is -2.13. The third kappa shape index (κ3) is 3.22. The van der Waals surface area contributed by atoms with Gasteiger partial charge in [-0.3, -0.25) is 10.2 Å². The predicted octanol–water partition coefficient (Wildman–Crippen LogP) is 1.95. The molecule has 7 heteroatoms. The smallest absolute Gasteiger partial charge is 0.252 e. The van der Waals surface area contributed by atoms with E-state index in [0.717, 1.165) is 5.69 Å². The Morgan fingerprint density at radius 2 is 2.19 bits per heavy atom. The van der Waals surface area contributed by atoms with Crippen LogP contribution < -0.4 is 16.5 Å². The van der Waals surface area contributed by atoms with Crippen molar-refractivity contribution < 1.29 is 9.18 Å². The first-order valence-electron chi connectivity index (χ1n) is 6.13. The Hall–Kier alpha value is -2.34. The summed E-state index contributed by atoms with van der Waals surface area (Å²) in [6.07, 6.45) is 1.50. The van der Waals surface area contributed by atoms with Crippen molar-refractivity contribution in [2.45, 2.75) is 6.54 Å². The zero-order chi connectivity index (χ0) is 15.6. The molecule has 2 aromatic rings. The van der Waals surface area contributed by atoms with E-state index < -0.39 is 5.91 Å². The Bertz CT molecular complexity index is 757. The van der Waals surface area contributed by atoms with E-state index in [-0.39, 0.29) is 28.4 Å². The number of benzene rings is 1. The number of nitrogens with one attached hydrogen (secondary N) is 2. The van der Waals surface area contributed by atoms with Gasteiger partial charge in [-0.2, -0.15) is 0 Å². The summed E-state index contributed by atoms with van der Waals surface area (Å²) in [6.45, 7) is 0.188. The number of amides is 1. The monoisotopic (exact) mass is 308 g/mol. The maximum Gasteiger partial charge on any atom is 0.252 e. The van der Waals surface area contributed by atoms with Gasteiger partial charge in [0.2, 0.25) is 0 Å². The summed E-state index contributed by atoms with van der Waals surface area (Å²) in [7, 11) is 1.72. The quantitative estimate of drug-likeness (QED) is 0.806. The zero-order valence-electron chi connectivity index (χ0n) is 11.3. The van der Waals surface area contributed by atoms with E-state index in [4.69, 9.17) is 22.7 Å². The molecule has 1 aromatic carbocycles. The molecule has 0 saturated carbocycles. The van der Waals surface area contributed by atoms with Crippen LogP contribution in [0.4, 0.5) is 10.1 Å². The summed E-state index contributed by atoms with van der Waals surface area (Å²) in [5.41, 5.74) is 6.53. The molecule has 0 spiro atoms. The Kier molecular flexibility index (Phi) is 4.28. The van der Waals surface area contributed by atoms with Crippen LogP contribution in [-0.4, -0.2) is 17.5 Å². The summed E-state index contributed by atoms with van der Waals surface area (Å²) in [4.78, 5) is 11.3. The Balaban J connectivity index is 2.52. The second kappa shape index (κ2) is 5.97. The number of primary amides is 1. The van der Waals surface area contributed by atoms with Crippen molar-refractivity contribution in [2.75, 3.05) is 12.4 Å². The molecule has 0 aliphatic heterocycles. The number of hydrogen-bond acceptors (Lipinski definition) is 3. The van der Waals surface area contributed by atoms with Gasteiger partial charge in [-0.05, 0) is 29.8 Å². The molecular weight excluding hydrogens is 295 g/mol. The molecule has 110 valence electrons. The van der Waals surface area contributed by atoms with Crippen molar-refractivity contribution in [3.05, 3.63) is 57.9 Å². The molecule has 0 atom stereocenters. The average molecular weight is 309 g/mol. The summed E-state index contributed by atoms with van der Waals surface area (Å²) < 4.78 is 14.8. The van der Waals surface area contributed by atoms with E-state index in [9.17, 15) is 9.18 Å². The normalized spacial score (nSPS) is 10.4. The lowest BCUT2D eigenvalue weighted by atomic mass is 10.1. The van der Waals surface area contributed by atoms with Gasteiger partial charge in [0.15, 0.2) is 0 Å². The molecule has 1 heterocycles. The van der Waals surface area contributed by atoms with Crippen LogP contribution in [0.2, 0.25) is 5.02 Å². The highest BCUT2D eigenvalue weighted by molar-refractivity contribution is 6.30. The molecule has 0 aliphatic rings. The molecular formula is C14H14ClFN4O. The highest BCUT2D eigenvalue weighted by Gasteiger charge is 2.10. The van der Waals surface area contributed by atoms with Gasteiger partial charge in [-0.1, -0.05) is 11.6 Å². The topological polar surface area (TPSA) is 83.9 Å². The average Bonchev–Trinajstić information content (AvgIpc) is 2.42. The minimum atomic E-state index is -0.732. The van der Waals surface area contributed by atoms with Crippen molar-refractivity contribution in [1.82, 2.24) is 4.57 Å². The molecule has 4 N–H and O–H groups in total. The largest absolute Gasteiger partial charge is 0.388 e. The maximum absolute atomic E-state index is 13.4. The van der Waals surface area contributed by atoms with Crippen LogP contribution in [0.25, 0.3) is 0 Å². The van der Waals surface area contributed by atoms with E-state index in [1.165, 1.54) is 29.0 Å². The van der Waals surface area contributed by atoms with Crippen LogP contribution >= 0.6 is 11.6 Å². The van der Waals surface area contributed by atoms with Gasteiger partial charge >= 0.3 is 0 Å². The van der Waals surface area contributed by atoms with Crippen molar-refractivity contribution in [2.24, 2.45) is 5.73 Å². The van der Waals surface area contributed by atoms with E-state index >= 15 is 0 Å². The first kappa shape index (κ1) is 15.1. The molecule has 5 nitrogen and oxygen atoms in total. The summed E-state index contributed by atoms with van der Waals surface area (Å²) in [5, 5.41) is 11.2. The fourth-order valence-electron chi connectivity index (χ4n) is 2.04. The minimum Gasteiger partial charge on any atom is -0.388 e. The van der Waals surface area contributed by atoms with Gasteiger partial charge in [0, 0.05) is 18.9 Å². The Morgan fingerprint density at radius 3 is 2.81 bits per heavy atom. The van der Waals surface area contributed by atoms with Crippen molar-refractivity contribution in [1.29, 1.82) is 5.41 Å². The minimum absolute atomic E-state index is 0.0184. The molecule has 0 radical (unpaired) electrons. The van der Waals surface area contributed by atoms with Crippen LogP contribution in [0.1, 0.15) is 15.9 Å². The van der Waals surface area contributed by atoms with Crippen LogP contribution in [0, 0.1) is 11.2 Å². The van der Waals surface area contributed by atoms with Gasteiger partial charge in [-0.15, -0.1) is 0 Å². The van der Waals surface area contributed by atoms with E-state index in [0.29, 0.717) is 5.56 Å². The van der Waals surface area contributed by atoms with Crippen LogP contribution in [0.15, 0.2) is 30.5 Å². The Labute approximate surface area is 125 Å². The molecule has 0 bridgehead atoms.